The van der Waals surface area contributed by atoms with Crippen molar-refractivity contribution in [3.63, 3.8) is 0 Å². The number of ether oxygens (including phenoxy) is 2. The van der Waals surface area contributed by atoms with E-state index in [-0.39, 0.29) is 6.04 Å². The van der Waals surface area contributed by atoms with Gasteiger partial charge in [-0.05, 0) is 19.2 Å². The Kier molecular flexibility index (Phi) is 6.22. The van der Waals surface area contributed by atoms with Crippen LogP contribution in [0.15, 0.2) is 18.2 Å². The molecule has 0 fully saturated rings. The van der Waals surface area contributed by atoms with E-state index in [9.17, 15) is 0 Å². The normalized spacial score (nSPS) is 12.2. The summed E-state index contributed by atoms with van der Waals surface area (Å²) in [6.45, 7) is 3.14. The van der Waals surface area contributed by atoms with Gasteiger partial charge in [0.2, 0.25) is 0 Å². The van der Waals surface area contributed by atoms with Gasteiger partial charge in [0.15, 0.2) is 0 Å². The molecule has 1 atom stereocenters. The van der Waals surface area contributed by atoms with Crippen molar-refractivity contribution in [2.24, 2.45) is 0 Å². The summed E-state index contributed by atoms with van der Waals surface area (Å²) in [5.41, 5.74) is 1.16. The number of hydrogen-bond donors (Lipinski definition) is 1. The van der Waals surface area contributed by atoms with Crippen molar-refractivity contribution < 1.29 is 9.47 Å². The Balaban J connectivity index is 2.74. The Hall–Kier alpha value is -0.870. The van der Waals surface area contributed by atoms with Gasteiger partial charge in [0.25, 0.3) is 0 Å². The number of methoxy groups -OCH3 is 2. The third-order valence-electron chi connectivity index (χ3n) is 2.66. The minimum Gasteiger partial charge on any atom is -0.497 e. The Morgan fingerprint density at radius 1 is 1.29 bits per heavy atom. The number of benzene rings is 1. The van der Waals surface area contributed by atoms with E-state index in [0.29, 0.717) is 0 Å². The van der Waals surface area contributed by atoms with Gasteiger partial charge < -0.3 is 14.8 Å². The third kappa shape index (κ3) is 4.13. The molecule has 3 nitrogen and oxygen atoms in total. The van der Waals surface area contributed by atoms with Crippen LogP contribution in [0.2, 0.25) is 0 Å². The second-order valence-electron chi connectivity index (χ2n) is 3.78. The molecule has 96 valence electrons. The van der Waals surface area contributed by atoms with Crippen LogP contribution in [0, 0.1) is 0 Å². The second-order valence-corrected chi connectivity index (χ2v) is 4.76. The zero-order chi connectivity index (χ0) is 12.7. The van der Waals surface area contributed by atoms with Crippen LogP contribution < -0.4 is 14.8 Å². The molecule has 17 heavy (non-hydrogen) atoms. The van der Waals surface area contributed by atoms with Gasteiger partial charge in [-0.15, -0.1) is 0 Å². The first-order valence-electron chi connectivity index (χ1n) is 5.67. The average Bonchev–Trinajstić information content (AvgIpc) is 2.38. The van der Waals surface area contributed by atoms with E-state index in [1.165, 1.54) is 0 Å². The summed E-state index contributed by atoms with van der Waals surface area (Å²) in [7, 11) is 3.35. The van der Waals surface area contributed by atoms with Crippen molar-refractivity contribution in [3.8, 4) is 11.5 Å². The highest BCUT2D eigenvalue weighted by Crippen LogP contribution is 2.29. The smallest absolute Gasteiger partial charge is 0.127 e. The fourth-order valence-electron chi connectivity index (χ4n) is 1.66. The van der Waals surface area contributed by atoms with Crippen LogP contribution in [0.4, 0.5) is 0 Å². The number of nitrogens with one attached hydrogen (secondary N) is 1. The minimum atomic E-state index is 0.281. The van der Waals surface area contributed by atoms with E-state index in [1.54, 1.807) is 14.2 Å². The molecular formula is C13H21NO2S. The Morgan fingerprint density at radius 2 is 2.06 bits per heavy atom. The van der Waals surface area contributed by atoms with Gasteiger partial charge in [0, 0.05) is 30.0 Å². The number of thioether (sulfide) groups is 1. The Bertz CT molecular complexity index is 344. The first-order valence-corrected chi connectivity index (χ1v) is 7.06. The largest absolute Gasteiger partial charge is 0.497 e. The lowest BCUT2D eigenvalue weighted by Gasteiger charge is -2.17. The highest BCUT2D eigenvalue weighted by molar-refractivity contribution is 7.98. The maximum Gasteiger partial charge on any atom is 0.127 e. The van der Waals surface area contributed by atoms with Gasteiger partial charge in [-0.1, -0.05) is 6.07 Å². The van der Waals surface area contributed by atoms with Crippen LogP contribution in [0.1, 0.15) is 18.5 Å². The lowest BCUT2D eigenvalue weighted by Crippen LogP contribution is -2.21. The summed E-state index contributed by atoms with van der Waals surface area (Å²) in [5, 5.41) is 3.47. The Morgan fingerprint density at radius 3 is 2.65 bits per heavy atom. The maximum absolute atomic E-state index is 5.39. The van der Waals surface area contributed by atoms with Crippen molar-refractivity contribution in [1.29, 1.82) is 0 Å². The van der Waals surface area contributed by atoms with Crippen molar-refractivity contribution in [2.75, 3.05) is 32.8 Å². The van der Waals surface area contributed by atoms with Crippen LogP contribution >= 0.6 is 11.8 Å². The predicted molar refractivity (Wildman–Crippen MR) is 74.3 cm³/mol. The summed E-state index contributed by atoms with van der Waals surface area (Å²) in [6, 6.07) is 6.21. The fourth-order valence-corrected chi connectivity index (χ4v) is 1.99. The molecular weight excluding hydrogens is 234 g/mol. The zero-order valence-corrected chi connectivity index (χ0v) is 11.8. The predicted octanol–water partition coefficient (Wildman–Crippen LogP) is 2.72. The van der Waals surface area contributed by atoms with Crippen LogP contribution in [-0.2, 0) is 0 Å². The molecule has 0 saturated heterocycles. The molecule has 1 unspecified atom stereocenters. The van der Waals surface area contributed by atoms with E-state index >= 15 is 0 Å². The minimum absolute atomic E-state index is 0.281. The molecule has 0 saturated carbocycles. The quantitative estimate of drug-likeness (QED) is 0.759. The molecule has 4 heteroatoms. The molecule has 0 spiro atoms. The lowest BCUT2D eigenvalue weighted by atomic mass is 10.1. The molecule has 0 bridgehead atoms. The lowest BCUT2D eigenvalue weighted by molar-refractivity contribution is 0.386. The zero-order valence-electron chi connectivity index (χ0n) is 10.9. The second kappa shape index (κ2) is 7.45. The van der Waals surface area contributed by atoms with Gasteiger partial charge in [-0.2, -0.15) is 11.8 Å². The van der Waals surface area contributed by atoms with Gasteiger partial charge in [-0.3, -0.25) is 0 Å². The molecule has 0 aliphatic heterocycles. The van der Waals surface area contributed by atoms with Gasteiger partial charge in [0.05, 0.1) is 14.2 Å². The van der Waals surface area contributed by atoms with E-state index < -0.39 is 0 Å². The van der Waals surface area contributed by atoms with Gasteiger partial charge >= 0.3 is 0 Å². The SMILES string of the molecule is COc1ccc(C(C)NCCSC)c(OC)c1. The highest BCUT2D eigenvalue weighted by Gasteiger charge is 2.11. The molecule has 1 N–H and O–H groups in total. The van der Waals surface area contributed by atoms with Crippen molar-refractivity contribution in [2.45, 2.75) is 13.0 Å². The molecule has 1 aromatic carbocycles. The molecule has 0 heterocycles. The molecule has 0 aliphatic carbocycles. The van der Waals surface area contributed by atoms with Crippen molar-refractivity contribution >= 4 is 11.8 Å². The Labute approximate surface area is 108 Å². The van der Waals surface area contributed by atoms with E-state index in [1.807, 2.05) is 23.9 Å². The summed E-state index contributed by atoms with van der Waals surface area (Å²) in [5.74, 6) is 2.80. The molecule has 0 radical (unpaired) electrons. The summed E-state index contributed by atoms with van der Waals surface area (Å²) in [6.07, 6.45) is 2.11. The monoisotopic (exact) mass is 255 g/mol. The summed E-state index contributed by atoms with van der Waals surface area (Å²) < 4.78 is 10.6. The van der Waals surface area contributed by atoms with Crippen LogP contribution in [0.25, 0.3) is 0 Å². The third-order valence-corrected chi connectivity index (χ3v) is 3.28. The highest BCUT2D eigenvalue weighted by atomic mass is 32.2. The number of rotatable bonds is 7. The standard InChI is InChI=1S/C13H21NO2S/c1-10(14-7-8-17-4)12-6-5-11(15-2)9-13(12)16-3/h5-6,9-10,14H,7-8H2,1-4H3. The van der Waals surface area contributed by atoms with Crippen LogP contribution in [0.5, 0.6) is 11.5 Å². The van der Waals surface area contributed by atoms with E-state index in [2.05, 4.69) is 24.6 Å². The fraction of sp³-hybridized carbons (Fsp3) is 0.538. The van der Waals surface area contributed by atoms with Crippen LogP contribution in [0.3, 0.4) is 0 Å². The maximum atomic E-state index is 5.39. The van der Waals surface area contributed by atoms with E-state index in [4.69, 9.17) is 9.47 Å². The summed E-state index contributed by atoms with van der Waals surface area (Å²) in [4.78, 5) is 0. The summed E-state index contributed by atoms with van der Waals surface area (Å²) >= 11 is 1.84. The molecule has 1 rings (SSSR count). The van der Waals surface area contributed by atoms with Gasteiger partial charge in [0.1, 0.15) is 11.5 Å². The van der Waals surface area contributed by atoms with Crippen molar-refractivity contribution in [1.82, 2.24) is 5.32 Å². The first-order chi connectivity index (χ1) is 8.22. The molecule has 0 aliphatic rings. The average molecular weight is 255 g/mol. The topological polar surface area (TPSA) is 30.5 Å². The van der Waals surface area contributed by atoms with Gasteiger partial charge in [-0.25, -0.2) is 0 Å². The molecule has 1 aromatic rings. The van der Waals surface area contributed by atoms with E-state index in [0.717, 1.165) is 29.4 Å². The number of hydrogen-bond acceptors (Lipinski definition) is 4. The van der Waals surface area contributed by atoms with Crippen LogP contribution in [-0.4, -0.2) is 32.8 Å². The first kappa shape index (κ1) is 14.2. The van der Waals surface area contributed by atoms with Crippen molar-refractivity contribution in [3.05, 3.63) is 23.8 Å². The molecule has 0 amide bonds. The molecule has 0 aromatic heterocycles.